The first kappa shape index (κ1) is 91.3. The molecule has 0 saturated carbocycles. The van der Waals surface area contributed by atoms with E-state index in [1.807, 2.05) is 94.8 Å². The summed E-state index contributed by atoms with van der Waals surface area (Å²) in [4.78, 5) is 58.1. The first-order valence-electron chi connectivity index (χ1n) is 34.9. The van der Waals surface area contributed by atoms with Gasteiger partial charge in [-0.15, -0.1) is 25.7 Å². The molecular formula is C89H122N14. The van der Waals surface area contributed by atoms with E-state index >= 15 is 0 Å². The van der Waals surface area contributed by atoms with E-state index in [2.05, 4.69) is 318 Å². The van der Waals surface area contributed by atoms with Crippen LogP contribution in [0.15, 0.2) is 135 Å². The minimum absolute atomic E-state index is 0.0349. The lowest BCUT2D eigenvalue weighted by molar-refractivity contribution is 0.544. The molecule has 0 atom stereocenters. The van der Waals surface area contributed by atoms with Gasteiger partial charge in [-0.25, -0.2) is 54.8 Å². The highest BCUT2D eigenvalue weighted by Gasteiger charge is 2.21. The smallest absolute Gasteiger partial charge is 0.204 e. The van der Waals surface area contributed by atoms with E-state index in [-0.39, 0.29) is 48.7 Å². The molecule has 0 spiro atoms. The van der Waals surface area contributed by atoms with Crippen molar-refractivity contribution in [1.29, 1.82) is 0 Å². The predicted octanol–water partition coefficient (Wildman–Crippen LogP) is 19.9. The summed E-state index contributed by atoms with van der Waals surface area (Å²) >= 11 is 0. The fraction of sp³-hybridized carbons (Fsp3) is 0.461. The molecule has 0 aromatic carbocycles. The topological polar surface area (TPSA) is 180 Å². The molecule has 9 aromatic rings. The summed E-state index contributed by atoms with van der Waals surface area (Å²) in [6.07, 6.45) is 34.7. The fourth-order valence-electron chi connectivity index (χ4n) is 8.46. The lowest BCUT2D eigenvalue weighted by Gasteiger charge is -2.20. The summed E-state index contributed by atoms with van der Waals surface area (Å²) < 4.78 is 0. The van der Waals surface area contributed by atoms with Crippen molar-refractivity contribution in [3.63, 3.8) is 0 Å². The average molecular weight is 1390 g/mol. The number of terminal acetylenes is 4. The van der Waals surface area contributed by atoms with Crippen molar-refractivity contribution >= 4 is 0 Å². The molecule has 0 aliphatic rings. The lowest BCUT2D eigenvalue weighted by Crippen LogP contribution is -2.16. The van der Waals surface area contributed by atoms with E-state index in [9.17, 15) is 0 Å². The molecule has 9 aromatic heterocycles. The molecule has 0 N–H and O–H groups in total. The summed E-state index contributed by atoms with van der Waals surface area (Å²) in [5.41, 5.74) is 16.7. The van der Waals surface area contributed by atoms with E-state index in [4.69, 9.17) is 25.7 Å². The summed E-state index contributed by atoms with van der Waals surface area (Å²) in [7, 11) is 0. The molecule has 0 aliphatic heterocycles. The number of aryl methyl sites for hydroxylation is 5. The van der Waals surface area contributed by atoms with Crippen LogP contribution in [0.1, 0.15) is 289 Å². The Hall–Kier alpha value is -9.76. The molecule has 14 nitrogen and oxygen atoms in total. The van der Waals surface area contributed by atoms with Gasteiger partial charge in [0.2, 0.25) is 5.82 Å². The average Bonchev–Trinajstić information content (AvgIpc) is 0.966. The number of hydrogen-bond donors (Lipinski definition) is 0. The van der Waals surface area contributed by atoms with Crippen LogP contribution in [0.5, 0.6) is 0 Å². The maximum atomic E-state index is 5.25. The Kier molecular flexibility index (Phi) is 35.6. The number of pyridine rings is 4. The van der Waals surface area contributed by atoms with Gasteiger partial charge in [-0.05, 0) is 146 Å². The molecule has 9 rings (SSSR count). The van der Waals surface area contributed by atoms with Gasteiger partial charge in [0.25, 0.3) is 0 Å². The Labute approximate surface area is 623 Å². The Bertz CT molecular complexity index is 3730. The van der Waals surface area contributed by atoms with Crippen LogP contribution in [0.25, 0.3) is 0 Å². The highest BCUT2D eigenvalue weighted by atomic mass is 14.9. The third-order valence-electron chi connectivity index (χ3n) is 14.7. The molecule has 0 bridgehead atoms. The molecule has 0 aliphatic carbocycles. The third-order valence-corrected chi connectivity index (χ3v) is 14.7. The number of nitrogens with zero attached hydrogens (tertiary/aromatic N) is 14. The van der Waals surface area contributed by atoms with E-state index < -0.39 is 0 Å². The lowest BCUT2D eigenvalue weighted by atomic mass is 9.86. The molecule has 0 saturated heterocycles. The molecular weight excluding hydrogens is 1270 g/mol. The molecule has 0 fully saturated rings. The first-order chi connectivity index (χ1) is 47.2. The van der Waals surface area contributed by atoms with Crippen LogP contribution < -0.4 is 0 Å². The van der Waals surface area contributed by atoms with Crippen molar-refractivity contribution in [3.05, 3.63) is 237 Å². The molecule has 14 heteroatoms. The van der Waals surface area contributed by atoms with Crippen molar-refractivity contribution < 1.29 is 0 Å². The van der Waals surface area contributed by atoms with E-state index in [1.54, 1.807) is 31.0 Å². The van der Waals surface area contributed by atoms with Crippen LogP contribution in [0.2, 0.25) is 0 Å². The summed E-state index contributed by atoms with van der Waals surface area (Å²) in [5.74, 6) is 12.0. The predicted molar refractivity (Wildman–Crippen MR) is 431 cm³/mol. The maximum Gasteiger partial charge on any atom is 0.204 e. The van der Waals surface area contributed by atoms with Gasteiger partial charge in [0.1, 0.15) is 41.4 Å². The van der Waals surface area contributed by atoms with Gasteiger partial charge >= 0.3 is 0 Å². The van der Waals surface area contributed by atoms with Crippen LogP contribution in [-0.2, 0) is 48.7 Å². The Morgan fingerprint density at radius 1 is 0.272 bits per heavy atom. The van der Waals surface area contributed by atoms with Crippen molar-refractivity contribution in [2.75, 3.05) is 0 Å². The summed E-state index contributed by atoms with van der Waals surface area (Å²) in [5, 5.41) is 0. The molecule has 0 unspecified atom stereocenters. The zero-order valence-electron chi connectivity index (χ0n) is 68.8. The van der Waals surface area contributed by atoms with Gasteiger partial charge in [-0.1, -0.05) is 217 Å². The van der Waals surface area contributed by atoms with Crippen molar-refractivity contribution in [1.82, 2.24) is 69.8 Å². The van der Waals surface area contributed by atoms with Gasteiger partial charge in [-0.2, -0.15) is 0 Å². The SMILES string of the molecule is C#Cc1cc(C(C)(C)C)ccn1.C#Cc1cc(C(C)(C)C)ncn1.C#Cc1ccnc(C(C)(C)C)n1.C#Cc1nccc(C(C)(C)C)n1.Cc1cc(C(C)(C)C)ccn1.Cc1cc(C(C)(C)C)ncn1.Cc1cccc(C(C)(C)C)n1.Cc1nccc(C(C)(C)C)n1.Cc1ncccc1C(C)(C)C. The van der Waals surface area contributed by atoms with Gasteiger partial charge in [0.05, 0.1) is 11.4 Å². The monoisotopic (exact) mass is 1390 g/mol. The zero-order valence-corrected chi connectivity index (χ0v) is 68.8. The second-order valence-electron chi connectivity index (χ2n) is 34.1. The second kappa shape index (κ2) is 40.2. The van der Waals surface area contributed by atoms with Crippen LogP contribution in [0, 0.1) is 84.0 Å². The number of rotatable bonds is 0. The van der Waals surface area contributed by atoms with Gasteiger partial charge in [0, 0.05) is 110 Å². The zero-order chi connectivity index (χ0) is 79.2. The van der Waals surface area contributed by atoms with Gasteiger partial charge < -0.3 is 0 Å². The summed E-state index contributed by atoms with van der Waals surface area (Å²) in [6, 6.07) is 27.9. The van der Waals surface area contributed by atoms with E-state index in [0.29, 0.717) is 22.9 Å². The van der Waals surface area contributed by atoms with Crippen molar-refractivity contribution in [3.8, 4) is 49.4 Å². The Balaban J connectivity index is 0.000000580. The standard InChI is InChI=1S/C11H13N.3C10H12N2.3C10H15N.2C9H14N2/c1-5-10-8-9(6-7-12-10)11(2,3)4;1-5-8-6-9(10(2,3)4)12-7-11-8;1-5-9-11-7-6-8(12-9)10(2,3)4;1-5-8-6-7-11-9(12-8)10(2,3)4;1-8-7-9(5-6-11-8)10(2,3)4;1-8-9(10(2,3)4)6-5-7-11-8;1-8-6-5-7-9(11-8)10(2,3)4;1-7-5-8(9(2,3)4)11-6-10-7;1-7-10-6-5-8(11-7)9(2,3)4/h1,6-8H,2-4H3;3*1,6-7H,2-4H3;3*5-7H,1-4H3;2*5-6H,1-4H3. The van der Waals surface area contributed by atoms with Crippen molar-refractivity contribution in [2.45, 2.75) is 270 Å². The van der Waals surface area contributed by atoms with Gasteiger partial charge in [-0.3, -0.25) is 15.0 Å². The first-order valence-corrected chi connectivity index (χ1v) is 34.9. The number of hydrogen-bond acceptors (Lipinski definition) is 14. The number of aromatic nitrogens is 14. The largest absolute Gasteiger partial charge is 0.262 e. The molecule has 548 valence electrons. The second-order valence-corrected chi connectivity index (χ2v) is 34.1. The summed E-state index contributed by atoms with van der Waals surface area (Å²) in [6.45, 7) is 67.9. The molecule has 9 heterocycles. The van der Waals surface area contributed by atoms with Gasteiger partial charge in [0.15, 0.2) is 0 Å². The third kappa shape index (κ3) is 36.6. The fourth-order valence-corrected chi connectivity index (χ4v) is 8.46. The highest BCUT2D eigenvalue weighted by Crippen LogP contribution is 2.27. The van der Waals surface area contributed by atoms with Crippen LogP contribution in [0.4, 0.5) is 0 Å². The minimum Gasteiger partial charge on any atom is -0.262 e. The Morgan fingerprint density at radius 3 is 1.12 bits per heavy atom. The van der Waals surface area contributed by atoms with Crippen LogP contribution >= 0.6 is 0 Å². The van der Waals surface area contributed by atoms with Crippen LogP contribution in [0.3, 0.4) is 0 Å². The van der Waals surface area contributed by atoms with Crippen LogP contribution in [-0.4, -0.2) is 69.8 Å². The van der Waals surface area contributed by atoms with E-state index in [0.717, 1.165) is 62.9 Å². The molecule has 0 radical (unpaired) electrons. The maximum absolute atomic E-state index is 5.25. The quantitative estimate of drug-likeness (QED) is 0.131. The van der Waals surface area contributed by atoms with E-state index in [1.165, 1.54) is 23.0 Å². The molecule has 0 amide bonds. The van der Waals surface area contributed by atoms with Crippen molar-refractivity contribution in [2.24, 2.45) is 0 Å². The Morgan fingerprint density at radius 2 is 0.718 bits per heavy atom. The highest BCUT2D eigenvalue weighted by molar-refractivity contribution is 5.33. The molecule has 103 heavy (non-hydrogen) atoms. The normalized spacial score (nSPS) is 11.3. The minimum atomic E-state index is -0.0349.